The van der Waals surface area contributed by atoms with E-state index in [-0.39, 0.29) is 7.05 Å². The smallest absolute Gasteiger partial charge is 0.524 e. The van der Waals surface area contributed by atoms with E-state index < -0.39 is 0 Å². The second kappa shape index (κ2) is 8.75. The molecule has 0 unspecified atom stereocenters. The van der Waals surface area contributed by atoms with Gasteiger partial charge in [-0.1, -0.05) is 103 Å². The summed E-state index contributed by atoms with van der Waals surface area (Å²) < 4.78 is 6.50. The standard InChI is InChI=1S/C35H23BN2O/c1-3-11-24(12-4-1)27-22-31(25-13-5-2-6-14-25)37-32(23-27)26-19-20-30-29(21-26)28-15-7-8-16-33(28)38-34-17-9-10-18-35(34)39-36(30)38/h1-23H. The molecular formula is C35H23BN2O. The second-order valence-corrected chi connectivity index (χ2v) is 9.99. The minimum Gasteiger partial charge on any atom is -0.536 e. The Hall–Kier alpha value is -5.09. The molecule has 0 spiro atoms. The van der Waals surface area contributed by atoms with Crippen molar-refractivity contribution in [1.29, 1.82) is 0 Å². The van der Waals surface area contributed by atoms with Crippen LogP contribution in [-0.4, -0.2) is 12.0 Å². The van der Waals surface area contributed by atoms with Crippen LogP contribution < -0.4 is 14.9 Å². The molecule has 0 fully saturated rings. The van der Waals surface area contributed by atoms with Gasteiger partial charge in [0.2, 0.25) is 0 Å². The van der Waals surface area contributed by atoms with Crippen molar-refractivity contribution in [3.8, 4) is 50.5 Å². The van der Waals surface area contributed by atoms with Crippen LogP contribution in [0.25, 0.3) is 44.8 Å². The third kappa shape index (κ3) is 3.57. The van der Waals surface area contributed by atoms with Crippen molar-refractivity contribution in [3.05, 3.63) is 140 Å². The number of benzene rings is 5. The Balaban J connectivity index is 1.31. The lowest BCUT2D eigenvalue weighted by atomic mass is 9.64. The summed E-state index contributed by atoms with van der Waals surface area (Å²) in [7, 11) is -0.190. The van der Waals surface area contributed by atoms with Gasteiger partial charge in [0.05, 0.1) is 17.1 Å². The van der Waals surface area contributed by atoms with Gasteiger partial charge < -0.3 is 9.47 Å². The Labute approximate surface area is 228 Å². The molecular weight excluding hydrogens is 475 g/mol. The van der Waals surface area contributed by atoms with Crippen molar-refractivity contribution in [2.75, 3.05) is 4.81 Å². The molecule has 39 heavy (non-hydrogen) atoms. The summed E-state index contributed by atoms with van der Waals surface area (Å²) in [4.78, 5) is 7.48. The highest BCUT2D eigenvalue weighted by Gasteiger charge is 2.44. The van der Waals surface area contributed by atoms with E-state index in [1.807, 2.05) is 12.1 Å². The molecule has 0 saturated heterocycles. The van der Waals surface area contributed by atoms with Crippen LogP contribution in [0.3, 0.4) is 0 Å². The molecule has 0 bridgehead atoms. The first-order valence-corrected chi connectivity index (χ1v) is 13.2. The maximum Gasteiger partial charge on any atom is 0.524 e. The van der Waals surface area contributed by atoms with Gasteiger partial charge in [-0.25, -0.2) is 4.98 Å². The van der Waals surface area contributed by atoms with Crippen LogP contribution >= 0.6 is 0 Å². The Morgan fingerprint density at radius 1 is 0.487 bits per heavy atom. The Morgan fingerprint density at radius 2 is 1.13 bits per heavy atom. The molecule has 0 radical (unpaired) electrons. The predicted octanol–water partition coefficient (Wildman–Crippen LogP) is 7.99. The number of anilines is 2. The first kappa shape index (κ1) is 21.9. The van der Waals surface area contributed by atoms with E-state index in [1.165, 1.54) is 16.7 Å². The van der Waals surface area contributed by atoms with Gasteiger partial charge in [0, 0.05) is 22.4 Å². The molecule has 1 aromatic heterocycles. The van der Waals surface area contributed by atoms with E-state index in [4.69, 9.17) is 9.64 Å². The van der Waals surface area contributed by atoms with Crippen LogP contribution in [0.15, 0.2) is 140 Å². The van der Waals surface area contributed by atoms with Crippen LogP contribution in [-0.2, 0) is 0 Å². The summed E-state index contributed by atoms with van der Waals surface area (Å²) in [5, 5.41) is 0. The van der Waals surface area contributed by atoms with Crippen LogP contribution in [0, 0.1) is 0 Å². The number of hydrogen-bond donors (Lipinski definition) is 0. The topological polar surface area (TPSA) is 25.4 Å². The third-order valence-electron chi connectivity index (χ3n) is 7.67. The van der Waals surface area contributed by atoms with Crippen molar-refractivity contribution in [3.63, 3.8) is 0 Å². The van der Waals surface area contributed by atoms with Gasteiger partial charge >= 0.3 is 7.05 Å². The molecule has 182 valence electrons. The number of pyridine rings is 1. The van der Waals surface area contributed by atoms with Crippen LogP contribution in [0.2, 0.25) is 0 Å². The summed E-state index contributed by atoms with van der Waals surface area (Å²) in [6.07, 6.45) is 0. The fraction of sp³-hybridized carbons (Fsp3) is 0. The average Bonchev–Trinajstić information content (AvgIpc) is 3.42. The van der Waals surface area contributed by atoms with Gasteiger partial charge in [0.1, 0.15) is 5.75 Å². The van der Waals surface area contributed by atoms with Crippen molar-refractivity contribution >= 4 is 23.9 Å². The molecule has 3 heterocycles. The summed E-state index contributed by atoms with van der Waals surface area (Å²) >= 11 is 0. The monoisotopic (exact) mass is 498 g/mol. The van der Waals surface area contributed by atoms with Crippen molar-refractivity contribution in [2.45, 2.75) is 0 Å². The minimum atomic E-state index is -0.190. The van der Waals surface area contributed by atoms with Gasteiger partial charge in [-0.15, -0.1) is 0 Å². The molecule has 0 N–H and O–H groups in total. The maximum absolute atomic E-state index is 6.50. The highest BCUT2D eigenvalue weighted by atomic mass is 16.5. The molecule has 2 aliphatic heterocycles. The van der Waals surface area contributed by atoms with Crippen LogP contribution in [0.1, 0.15) is 0 Å². The van der Waals surface area contributed by atoms with Crippen molar-refractivity contribution in [1.82, 2.24) is 4.98 Å². The van der Waals surface area contributed by atoms with Gasteiger partial charge in [0.15, 0.2) is 0 Å². The fourth-order valence-electron chi connectivity index (χ4n) is 5.82. The number of nitrogens with zero attached hydrogens (tertiary/aromatic N) is 2. The average molecular weight is 498 g/mol. The van der Waals surface area contributed by atoms with Gasteiger partial charge in [-0.3, -0.25) is 0 Å². The molecule has 3 nitrogen and oxygen atoms in total. The Kier molecular flexibility index (Phi) is 4.92. The lowest BCUT2D eigenvalue weighted by molar-refractivity contribution is 0.603. The van der Waals surface area contributed by atoms with Crippen molar-refractivity contribution < 1.29 is 4.65 Å². The Bertz CT molecular complexity index is 1800. The molecule has 4 heteroatoms. The molecule has 5 aromatic carbocycles. The first-order valence-electron chi connectivity index (χ1n) is 13.2. The number of hydrogen-bond acceptors (Lipinski definition) is 3. The molecule has 0 amide bonds. The third-order valence-corrected chi connectivity index (χ3v) is 7.67. The zero-order valence-corrected chi connectivity index (χ0v) is 21.2. The van der Waals surface area contributed by atoms with E-state index in [9.17, 15) is 0 Å². The molecule has 0 atom stereocenters. The number of fused-ring (bicyclic) bond motifs is 8. The summed E-state index contributed by atoms with van der Waals surface area (Å²) in [5.74, 6) is 0.916. The molecule has 2 aliphatic rings. The van der Waals surface area contributed by atoms with E-state index in [2.05, 4.69) is 132 Å². The van der Waals surface area contributed by atoms with E-state index in [1.54, 1.807) is 0 Å². The van der Waals surface area contributed by atoms with Gasteiger partial charge in [-0.05, 0) is 58.6 Å². The number of aromatic nitrogens is 1. The SMILES string of the molecule is c1ccc(-c2cc(-c3ccccc3)nc(-c3ccc4c(c3)-c3ccccc3N3B4Oc4ccccc43)c2)cc1. The zero-order chi connectivity index (χ0) is 25.8. The van der Waals surface area contributed by atoms with Gasteiger partial charge in [0.25, 0.3) is 0 Å². The lowest BCUT2D eigenvalue weighted by Gasteiger charge is -2.31. The molecule has 0 aliphatic carbocycles. The summed E-state index contributed by atoms with van der Waals surface area (Å²) in [6.45, 7) is 0. The van der Waals surface area contributed by atoms with E-state index in [0.717, 1.165) is 50.7 Å². The quantitative estimate of drug-likeness (QED) is 0.231. The van der Waals surface area contributed by atoms with Crippen molar-refractivity contribution in [2.24, 2.45) is 0 Å². The maximum atomic E-state index is 6.50. The van der Waals surface area contributed by atoms with Crippen LogP contribution in [0.5, 0.6) is 5.75 Å². The Morgan fingerprint density at radius 3 is 1.92 bits per heavy atom. The first-order chi connectivity index (χ1) is 19.3. The molecule has 0 saturated carbocycles. The predicted molar refractivity (Wildman–Crippen MR) is 161 cm³/mol. The summed E-state index contributed by atoms with van der Waals surface area (Å²) in [6, 6.07) is 48.9. The fourth-order valence-corrected chi connectivity index (χ4v) is 5.82. The minimum absolute atomic E-state index is 0.190. The lowest BCUT2D eigenvalue weighted by Crippen LogP contribution is -2.50. The van der Waals surface area contributed by atoms with Crippen LogP contribution in [0.4, 0.5) is 11.4 Å². The number of para-hydroxylation sites is 3. The molecule has 6 aromatic rings. The molecule has 8 rings (SSSR count). The van der Waals surface area contributed by atoms with E-state index in [0.29, 0.717) is 0 Å². The second-order valence-electron chi connectivity index (χ2n) is 9.99. The highest BCUT2D eigenvalue weighted by Crippen LogP contribution is 2.47. The largest absolute Gasteiger partial charge is 0.536 e. The normalized spacial score (nSPS) is 12.7. The zero-order valence-electron chi connectivity index (χ0n) is 21.2. The van der Waals surface area contributed by atoms with E-state index >= 15 is 0 Å². The summed E-state index contributed by atoms with van der Waals surface area (Å²) in [5.41, 5.74) is 12.2. The van der Waals surface area contributed by atoms with Gasteiger partial charge in [-0.2, -0.15) is 0 Å². The highest BCUT2D eigenvalue weighted by molar-refractivity contribution is 6.77. The number of rotatable bonds is 3.